The van der Waals surface area contributed by atoms with Crippen molar-refractivity contribution >= 4 is 48.3 Å². The summed E-state index contributed by atoms with van der Waals surface area (Å²) in [6.45, 7) is 15.5. The van der Waals surface area contributed by atoms with E-state index in [1.165, 1.54) is 6.56 Å². The smallest absolute Gasteiger partial charge is 0.147 e. The molecule has 0 aromatic rings. The van der Waals surface area contributed by atoms with Crippen LogP contribution in [0.25, 0.3) is 0 Å². The Labute approximate surface area is 200 Å². The van der Waals surface area contributed by atoms with E-state index >= 15 is 0 Å². The fourth-order valence-electron chi connectivity index (χ4n) is 3.91. The molecule has 30 heavy (non-hydrogen) atoms. The van der Waals surface area contributed by atoms with Gasteiger partial charge in [-0.3, -0.25) is 0 Å². The average Bonchev–Trinajstić information content (AvgIpc) is 3.08. The molecule has 0 aromatic carbocycles. The van der Waals surface area contributed by atoms with Crippen molar-refractivity contribution in [3.8, 4) is 0 Å². The zero-order valence-electron chi connectivity index (χ0n) is 20.2. The molecule has 0 N–H and O–H groups in total. The van der Waals surface area contributed by atoms with Crippen molar-refractivity contribution in [3.05, 3.63) is 41.8 Å². The Kier molecular flexibility index (Phi) is 10.1. The number of allylic oxidation sites excluding steroid dienone is 4. The molecule has 4 nitrogen and oxygen atoms in total. The molecule has 0 amide bonds. The minimum absolute atomic E-state index is 0. The van der Waals surface area contributed by atoms with Crippen molar-refractivity contribution < 1.29 is 35.7 Å². The van der Waals surface area contributed by atoms with Crippen LogP contribution in [-0.2, 0) is 35.7 Å². The largest absolute Gasteiger partial charge is 0.147 e. The third kappa shape index (κ3) is 6.64. The van der Waals surface area contributed by atoms with Crippen molar-refractivity contribution in [1.82, 2.24) is 0 Å². The summed E-state index contributed by atoms with van der Waals surface area (Å²) < 4.78 is 32.4. The Hall–Kier alpha value is 0.274. The summed E-state index contributed by atoms with van der Waals surface area (Å²) in [4.78, 5) is 0. The second kappa shape index (κ2) is 10.0. The van der Waals surface area contributed by atoms with E-state index in [0.29, 0.717) is 0 Å². The molecule has 0 unspecified atom stereocenters. The summed E-state index contributed by atoms with van der Waals surface area (Å²) in [5, 5.41) is 0. The normalized spacial score (nSPS) is 17.7. The van der Waals surface area contributed by atoms with Crippen LogP contribution in [0.3, 0.4) is 0 Å². The summed E-state index contributed by atoms with van der Waals surface area (Å²) in [6, 6.07) is 0. The van der Waals surface area contributed by atoms with Gasteiger partial charge in [-0.2, -0.15) is 0 Å². The molecule has 0 saturated heterocycles. The summed E-state index contributed by atoms with van der Waals surface area (Å²) in [5.41, 5.74) is 0. The number of hydrogen-bond acceptors (Lipinski definition) is 4. The Balaban J connectivity index is 0.00000420. The predicted octanol–water partition coefficient (Wildman–Crippen LogP) is 6.16. The minimum atomic E-state index is -3.51. The number of ether oxygens (including phenoxy) is 2. The monoisotopic (exact) mass is 588 g/mol. The van der Waals surface area contributed by atoms with Crippen molar-refractivity contribution in [2.24, 2.45) is 0 Å². The van der Waals surface area contributed by atoms with Crippen LogP contribution < -0.4 is 0 Å². The SMILES string of the molecule is COC1=[C]([Zr]([CH3])([CH3])(=[SiH2])[C]2=C(OC)C(O[Si](C)(C)C)=CC2)CC=C1O[Si](C)(C)C.Cl.Cl. The summed E-state index contributed by atoms with van der Waals surface area (Å²) in [6.07, 6.45) is 6.26. The maximum absolute atomic E-state index is 6.35. The fourth-order valence-corrected chi connectivity index (χ4v) is 18.5. The summed E-state index contributed by atoms with van der Waals surface area (Å²) >= 11 is -3.51. The number of halogens is 2. The van der Waals surface area contributed by atoms with Crippen LogP contribution in [0.15, 0.2) is 41.8 Å². The molecule has 0 atom stereocenters. The molecule has 0 saturated carbocycles. The Bertz CT molecular complexity index is 792. The van der Waals surface area contributed by atoms with Crippen LogP contribution in [0.5, 0.6) is 0 Å². The summed E-state index contributed by atoms with van der Waals surface area (Å²) in [7, 11) is 0.140. The second-order valence-electron chi connectivity index (χ2n) is 10.7. The standard InChI is InChI=1S/2C9H15O2Si.2CH3.2ClH.H2Si.Zr/c2*1-10-8-6-5-7-9(8)11-12(2,3)4;;;;;;/h2*7H,5H2,1-4H3;2*1H3;2*1H;1H2;. The average molecular weight is 591 g/mol. The van der Waals surface area contributed by atoms with Crippen molar-refractivity contribution in [2.45, 2.75) is 61.4 Å². The van der Waals surface area contributed by atoms with E-state index in [1.807, 2.05) is 0 Å². The van der Waals surface area contributed by atoms with E-state index in [9.17, 15) is 0 Å². The summed E-state index contributed by atoms with van der Waals surface area (Å²) in [5.74, 6) is 3.82. The first-order chi connectivity index (χ1) is 12.6. The molecule has 0 aliphatic heterocycles. The third-order valence-corrected chi connectivity index (χ3v) is 23.5. The Morgan fingerprint density at radius 1 is 0.733 bits per heavy atom. The molecule has 174 valence electrons. The van der Waals surface area contributed by atoms with Crippen LogP contribution in [-0.4, -0.2) is 37.7 Å². The third-order valence-electron chi connectivity index (χ3n) is 5.16. The van der Waals surface area contributed by atoms with Crippen LogP contribution in [0.1, 0.15) is 12.8 Å². The van der Waals surface area contributed by atoms with E-state index < -0.39 is 34.0 Å². The molecular formula is C20H40Cl2O4Si3Zr. The van der Waals surface area contributed by atoms with Crippen LogP contribution in [0, 0.1) is 0 Å². The molecule has 0 heterocycles. The van der Waals surface area contributed by atoms with Gasteiger partial charge in [-0.05, 0) is 0 Å². The first kappa shape index (κ1) is 30.3. The van der Waals surface area contributed by atoms with Gasteiger partial charge in [0.25, 0.3) is 0 Å². The molecule has 2 aliphatic carbocycles. The number of methoxy groups -OCH3 is 2. The van der Waals surface area contributed by atoms with Gasteiger partial charge in [0.05, 0.1) is 0 Å². The second-order valence-corrected chi connectivity index (χ2v) is 48.3. The van der Waals surface area contributed by atoms with Gasteiger partial charge in [-0.1, -0.05) is 0 Å². The molecule has 2 rings (SSSR count). The van der Waals surface area contributed by atoms with Gasteiger partial charge in [-0.15, -0.1) is 24.8 Å². The van der Waals surface area contributed by atoms with E-state index in [1.54, 1.807) is 14.2 Å². The van der Waals surface area contributed by atoms with Gasteiger partial charge in [0.2, 0.25) is 0 Å². The van der Waals surface area contributed by atoms with Crippen LogP contribution >= 0.6 is 24.8 Å². The van der Waals surface area contributed by atoms with E-state index in [4.69, 9.17) is 18.3 Å². The van der Waals surface area contributed by atoms with Gasteiger partial charge in [0, 0.05) is 0 Å². The van der Waals surface area contributed by atoms with E-state index in [0.717, 1.165) is 35.9 Å². The van der Waals surface area contributed by atoms with Crippen molar-refractivity contribution in [2.75, 3.05) is 14.2 Å². The molecule has 0 fully saturated rings. The molecule has 0 bridgehead atoms. The van der Waals surface area contributed by atoms with E-state index in [2.05, 4.69) is 67.6 Å². The predicted molar refractivity (Wildman–Crippen MR) is 137 cm³/mol. The Morgan fingerprint density at radius 2 is 1.03 bits per heavy atom. The maximum atomic E-state index is 6.35. The maximum Gasteiger partial charge on any atom is -0.147 e. The molecule has 0 radical (unpaired) electrons. The number of hydrogen-bond donors (Lipinski definition) is 0. The van der Waals surface area contributed by atoms with Crippen LogP contribution in [0.2, 0.25) is 48.5 Å². The fraction of sp³-hybridized carbons (Fsp3) is 0.600. The van der Waals surface area contributed by atoms with Crippen LogP contribution in [0.4, 0.5) is 0 Å². The molecule has 0 spiro atoms. The van der Waals surface area contributed by atoms with E-state index in [-0.39, 0.29) is 24.8 Å². The molecule has 2 aliphatic rings. The quantitative estimate of drug-likeness (QED) is 0.318. The molecule has 0 aromatic heterocycles. The van der Waals surface area contributed by atoms with Gasteiger partial charge in [0.15, 0.2) is 0 Å². The van der Waals surface area contributed by atoms with Gasteiger partial charge < -0.3 is 0 Å². The van der Waals surface area contributed by atoms with Gasteiger partial charge in [0.1, 0.15) is 0 Å². The van der Waals surface area contributed by atoms with Crippen molar-refractivity contribution in [1.29, 1.82) is 0 Å². The molecular weight excluding hydrogens is 551 g/mol. The Morgan fingerprint density at radius 3 is 1.27 bits per heavy atom. The van der Waals surface area contributed by atoms with Crippen molar-refractivity contribution in [3.63, 3.8) is 0 Å². The molecule has 10 heteroatoms. The minimum Gasteiger partial charge on any atom is -0.147 e. The zero-order valence-corrected chi connectivity index (χ0v) is 27.7. The first-order valence-corrected chi connectivity index (χ1v) is 30.1. The topological polar surface area (TPSA) is 36.9 Å². The van der Waals surface area contributed by atoms with Gasteiger partial charge >= 0.3 is 177 Å². The van der Waals surface area contributed by atoms with Gasteiger partial charge in [-0.25, -0.2) is 0 Å². The zero-order chi connectivity index (χ0) is 21.6. The number of rotatable bonds is 8. The first-order valence-electron chi connectivity index (χ1n) is 10.00.